The summed E-state index contributed by atoms with van der Waals surface area (Å²) in [5.41, 5.74) is 8.28. The molecule has 7 heteroatoms. The molecule has 0 aromatic carbocycles. The predicted octanol–water partition coefficient (Wildman–Crippen LogP) is 5.48. The Morgan fingerprint density at radius 3 is 2.32 bits per heavy atom. The Balaban J connectivity index is 2.54. The number of hydrogen-bond donors (Lipinski definition) is 0. The van der Waals surface area contributed by atoms with Crippen molar-refractivity contribution in [3.63, 3.8) is 0 Å². The van der Waals surface area contributed by atoms with Crippen molar-refractivity contribution in [2.24, 2.45) is 5.11 Å². The van der Waals surface area contributed by atoms with Gasteiger partial charge in [0.1, 0.15) is 0 Å². The Morgan fingerprint density at radius 2 is 1.84 bits per heavy atom. The zero-order valence-electron chi connectivity index (χ0n) is 12.1. The summed E-state index contributed by atoms with van der Waals surface area (Å²) in [5, 5.41) is 3.80. The van der Waals surface area contributed by atoms with Crippen molar-refractivity contribution in [2.75, 3.05) is 13.2 Å². The predicted molar refractivity (Wildman–Crippen MR) is 88.5 cm³/mol. The summed E-state index contributed by atoms with van der Waals surface area (Å²) in [6.45, 7) is 12.4. The molecule has 0 amide bonds. The Hall–Kier alpha value is -0.333. The van der Waals surface area contributed by atoms with Crippen LogP contribution in [0.1, 0.15) is 20.8 Å². The molecule has 1 aliphatic heterocycles. The third-order valence-electron chi connectivity index (χ3n) is 3.38. The van der Waals surface area contributed by atoms with Crippen LogP contribution in [0.25, 0.3) is 10.4 Å². The minimum absolute atomic E-state index is 0.239. The fourth-order valence-corrected chi connectivity index (χ4v) is 4.08. The Bertz CT molecular complexity index is 435. The topological polar surface area (TPSA) is 58.0 Å². The monoisotopic (exact) mass is 315 g/mol. The first-order valence-electron chi connectivity index (χ1n) is 6.15. The first-order valence-corrected chi connectivity index (χ1v) is 11.2. The standard InChI is InChI=1S/C12H21N3OS2Si/c1-12(2,3)19(4,5)16-9-11-7-6-10(17-18-11)8-14-15-13/h6-7H,8-9H2,1-5H3. The van der Waals surface area contributed by atoms with Gasteiger partial charge in [0.2, 0.25) is 0 Å². The van der Waals surface area contributed by atoms with Crippen LogP contribution in [0, 0.1) is 0 Å². The molecule has 1 heterocycles. The van der Waals surface area contributed by atoms with Crippen LogP contribution in [-0.4, -0.2) is 21.5 Å². The maximum absolute atomic E-state index is 8.28. The van der Waals surface area contributed by atoms with Gasteiger partial charge >= 0.3 is 0 Å². The van der Waals surface area contributed by atoms with Gasteiger partial charge in [-0.1, -0.05) is 53.5 Å². The maximum Gasteiger partial charge on any atom is 0.192 e. The van der Waals surface area contributed by atoms with E-state index in [0.717, 1.165) is 4.91 Å². The summed E-state index contributed by atoms with van der Waals surface area (Å²) in [6.07, 6.45) is 4.08. The van der Waals surface area contributed by atoms with Crippen molar-refractivity contribution < 1.29 is 4.43 Å². The molecule has 1 aliphatic rings. The van der Waals surface area contributed by atoms with E-state index in [1.54, 1.807) is 21.6 Å². The van der Waals surface area contributed by atoms with Gasteiger partial charge in [-0.05, 0) is 29.7 Å². The molecule has 19 heavy (non-hydrogen) atoms. The highest BCUT2D eigenvalue weighted by molar-refractivity contribution is 8.79. The quantitative estimate of drug-likeness (QED) is 0.222. The summed E-state index contributed by atoms with van der Waals surface area (Å²) in [6, 6.07) is 0. The van der Waals surface area contributed by atoms with E-state index in [4.69, 9.17) is 9.96 Å². The second kappa shape index (κ2) is 6.90. The third kappa shape index (κ3) is 5.28. The van der Waals surface area contributed by atoms with Gasteiger partial charge in [0.25, 0.3) is 0 Å². The zero-order chi connectivity index (χ0) is 14.5. The van der Waals surface area contributed by atoms with Crippen molar-refractivity contribution in [1.82, 2.24) is 0 Å². The molecule has 0 bridgehead atoms. The number of hydrogen-bond acceptors (Lipinski definition) is 4. The van der Waals surface area contributed by atoms with Crippen LogP contribution in [-0.2, 0) is 4.43 Å². The highest BCUT2D eigenvalue weighted by atomic mass is 33.1. The lowest BCUT2D eigenvalue weighted by Crippen LogP contribution is -2.41. The molecule has 0 saturated carbocycles. The van der Waals surface area contributed by atoms with Crippen molar-refractivity contribution in [3.8, 4) is 0 Å². The average Bonchev–Trinajstić information content (AvgIpc) is 2.34. The molecule has 0 unspecified atom stereocenters. The van der Waals surface area contributed by atoms with E-state index in [-0.39, 0.29) is 5.04 Å². The molecule has 4 nitrogen and oxygen atoms in total. The summed E-state index contributed by atoms with van der Waals surface area (Å²) >= 11 is 0. The van der Waals surface area contributed by atoms with Crippen molar-refractivity contribution in [1.29, 1.82) is 0 Å². The number of azide groups is 1. The van der Waals surface area contributed by atoms with E-state index >= 15 is 0 Å². The molecule has 0 radical (unpaired) electrons. The smallest absolute Gasteiger partial charge is 0.192 e. The van der Waals surface area contributed by atoms with Gasteiger partial charge in [-0.15, -0.1) is 0 Å². The number of allylic oxidation sites excluding steroid dienone is 2. The summed E-state index contributed by atoms with van der Waals surface area (Å²) in [7, 11) is 1.67. The normalized spacial score (nSPS) is 16.5. The molecular formula is C12H21N3OS2Si. The van der Waals surface area contributed by atoms with Crippen molar-refractivity contribution in [2.45, 2.75) is 38.9 Å². The fraction of sp³-hybridized carbons (Fsp3) is 0.667. The van der Waals surface area contributed by atoms with Crippen molar-refractivity contribution >= 4 is 29.9 Å². The molecule has 1 rings (SSSR count). The molecule has 0 N–H and O–H groups in total. The lowest BCUT2D eigenvalue weighted by Gasteiger charge is -2.36. The summed E-state index contributed by atoms with van der Waals surface area (Å²) in [4.78, 5) is 5.07. The summed E-state index contributed by atoms with van der Waals surface area (Å²) in [5.74, 6) is 0. The number of rotatable bonds is 5. The van der Waals surface area contributed by atoms with E-state index in [2.05, 4.69) is 50.0 Å². The van der Waals surface area contributed by atoms with Crippen molar-refractivity contribution in [3.05, 3.63) is 32.4 Å². The molecule has 0 aliphatic carbocycles. The minimum Gasteiger partial charge on any atom is -0.412 e. The van der Waals surface area contributed by atoms with Gasteiger partial charge < -0.3 is 4.43 Å². The van der Waals surface area contributed by atoms with E-state index in [9.17, 15) is 0 Å². The molecule has 0 saturated heterocycles. The van der Waals surface area contributed by atoms with E-state index in [1.807, 2.05) is 6.08 Å². The van der Waals surface area contributed by atoms with Crippen LogP contribution < -0.4 is 0 Å². The van der Waals surface area contributed by atoms with Crippen LogP contribution in [0.4, 0.5) is 0 Å². The molecule has 106 valence electrons. The Morgan fingerprint density at radius 1 is 1.26 bits per heavy atom. The van der Waals surface area contributed by atoms with E-state index in [0.29, 0.717) is 13.2 Å². The van der Waals surface area contributed by atoms with Crippen LogP contribution in [0.5, 0.6) is 0 Å². The Labute approximate surface area is 124 Å². The van der Waals surface area contributed by atoms with Gasteiger partial charge in [-0.25, -0.2) is 0 Å². The van der Waals surface area contributed by atoms with Crippen LogP contribution in [0.15, 0.2) is 27.1 Å². The van der Waals surface area contributed by atoms with Crippen LogP contribution in [0.3, 0.4) is 0 Å². The number of nitrogens with zero attached hydrogens (tertiary/aromatic N) is 3. The van der Waals surface area contributed by atoms with Gasteiger partial charge in [0.05, 0.1) is 13.2 Å². The second-order valence-corrected chi connectivity index (χ2v) is 13.1. The van der Waals surface area contributed by atoms with Gasteiger partial charge in [-0.2, -0.15) is 0 Å². The molecule has 0 atom stereocenters. The van der Waals surface area contributed by atoms with Gasteiger partial charge in [-0.3, -0.25) is 0 Å². The molecule has 0 aromatic rings. The molecule has 0 spiro atoms. The maximum atomic E-state index is 8.28. The van der Waals surface area contributed by atoms with E-state index in [1.165, 1.54) is 4.91 Å². The fourth-order valence-electron chi connectivity index (χ4n) is 1.07. The molecule has 0 aromatic heterocycles. The first-order chi connectivity index (χ1) is 8.76. The van der Waals surface area contributed by atoms with Crippen LogP contribution in [0.2, 0.25) is 18.1 Å². The SMILES string of the molecule is CC(C)(C)[Si](C)(C)OCC1=CC=C(CN=[N+]=[N-])SS1. The average molecular weight is 316 g/mol. The zero-order valence-corrected chi connectivity index (χ0v) is 14.8. The largest absolute Gasteiger partial charge is 0.412 e. The lowest BCUT2D eigenvalue weighted by molar-refractivity contribution is 0.325. The second-order valence-electron chi connectivity index (χ2n) is 5.87. The van der Waals surface area contributed by atoms with E-state index < -0.39 is 8.32 Å². The highest BCUT2D eigenvalue weighted by Crippen LogP contribution is 2.42. The lowest BCUT2D eigenvalue weighted by atomic mass is 10.2. The molecular weight excluding hydrogens is 294 g/mol. The minimum atomic E-state index is -1.68. The van der Waals surface area contributed by atoms with Gasteiger partial charge in [0.15, 0.2) is 8.32 Å². The van der Waals surface area contributed by atoms with Gasteiger partial charge in [0, 0.05) is 14.7 Å². The first kappa shape index (κ1) is 16.7. The third-order valence-corrected chi connectivity index (χ3v) is 10.4. The Kier molecular flexibility index (Phi) is 6.07. The summed E-state index contributed by atoms with van der Waals surface area (Å²) < 4.78 is 6.17. The van der Waals surface area contributed by atoms with Crippen LogP contribution >= 0.6 is 21.6 Å². The molecule has 0 fully saturated rings. The highest BCUT2D eigenvalue weighted by Gasteiger charge is 2.37.